The van der Waals surface area contributed by atoms with Gasteiger partial charge in [-0.25, -0.2) is 4.39 Å². The van der Waals surface area contributed by atoms with Crippen molar-refractivity contribution in [2.75, 3.05) is 49.6 Å². The van der Waals surface area contributed by atoms with Gasteiger partial charge in [0.1, 0.15) is 5.82 Å². The standard InChI is InChI=1S/C30H31FN4O2/c1-32-13-3-4-23-18-22(9-12-26(23)32)20-35-29(36)25-5-2-6-27(28(25)30(35)37)34-16-14-33(15-17-34)19-21-7-10-24(31)11-8-21/h2,5-12,18H,3-4,13-17,19-20H2,1H3. The van der Waals surface area contributed by atoms with Gasteiger partial charge in [-0.2, -0.15) is 0 Å². The van der Waals surface area contributed by atoms with Crippen molar-refractivity contribution in [3.05, 3.63) is 94.3 Å². The van der Waals surface area contributed by atoms with Crippen molar-refractivity contribution in [1.82, 2.24) is 9.80 Å². The fourth-order valence-corrected chi connectivity index (χ4v) is 5.84. The van der Waals surface area contributed by atoms with Gasteiger partial charge in [0.25, 0.3) is 11.8 Å². The third kappa shape index (κ3) is 4.48. The third-order valence-electron chi connectivity index (χ3n) is 7.84. The minimum absolute atomic E-state index is 0.209. The van der Waals surface area contributed by atoms with Crippen molar-refractivity contribution >= 4 is 23.2 Å². The van der Waals surface area contributed by atoms with Gasteiger partial charge >= 0.3 is 0 Å². The maximum absolute atomic E-state index is 13.6. The number of amides is 2. The fraction of sp³-hybridized carbons (Fsp3) is 0.333. The fourth-order valence-electron chi connectivity index (χ4n) is 5.84. The summed E-state index contributed by atoms with van der Waals surface area (Å²) in [5.41, 5.74) is 6.44. The maximum Gasteiger partial charge on any atom is 0.263 e. The van der Waals surface area contributed by atoms with Crippen LogP contribution < -0.4 is 9.80 Å². The van der Waals surface area contributed by atoms with Gasteiger partial charge in [-0.3, -0.25) is 19.4 Å². The lowest BCUT2D eigenvalue weighted by molar-refractivity contribution is 0.0642. The van der Waals surface area contributed by atoms with Crippen LogP contribution in [0.25, 0.3) is 0 Å². The highest BCUT2D eigenvalue weighted by atomic mass is 19.1. The van der Waals surface area contributed by atoms with Gasteiger partial charge in [0.05, 0.1) is 23.4 Å². The number of hydrogen-bond acceptors (Lipinski definition) is 5. The van der Waals surface area contributed by atoms with Gasteiger partial charge in [0.15, 0.2) is 0 Å². The zero-order valence-electron chi connectivity index (χ0n) is 21.1. The number of piperazine rings is 1. The summed E-state index contributed by atoms with van der Waals surface area (Å²) in [7, 11) is 2.10. The van der Waals surface area contributed by atoms with Crippen LogP contribution in [0, 0.1) is 5.82 Å². The summed E-state index contributed by atoms with van der Waals surface area (Å²) in [6, 6.07) is 18.5. The van der Waals surface area contributed by atoms with Crippen LogP contribution in [-0.4, -0.2) is 61.4 Å². The highest BCUT2D eigenvalue weighted by molar-refractivity contribution is 6.23. The van der Waals surface area contributed by atoms with Gasteiger partial charge in [-0.05, 0) is 59.9 Å². The largest absolute Gasteiger partial charge is 0.374 e. The van der Waals surface area contributed by atoms with Crippen LogP contribution in [0.3, 0.4) is 0 Å². The molecule has 6 rings (SSSR count). The lowest BCUT2D eigenvalue weighted by atomic mass is 9.99. The summed E-state index contributed by atoms with van der Waals surface area (Å²) < 4.78 is 13.2. The van der Waals surface area contributed by atoms with Gasteiger partial charge in [0.2, 0.25) is 0 Å². The molecule has 0 spiro atoms. The molecule has 0 radical (unpaired) electrons. The Morgan fingerprint density at radius 1 is 0.784 bits per heavy atom. The number of halogens is 1. The number of anilines is 2. The predicted octanol–water partition coefficient (Wildman–Crippen LogP) is 4.33. The Balaban J connectivity index is 1.17. The van der Waals surface area contributed by atoms with Crippen LogP contribution in [-0.2, 0) is 19.5 Å². The second kappa shape index (κ2) is 9.63. The number of benzene rings is 3. The van der Waals surface area contributed by atoms with Crippen LogP contribution in [0.1, 0.15) is 43.8 Å². The molecule has 7 heteroatoms. The van der Waals surface area contributed by atoms with E-state index in [1.165, 1.54) is 28.3 Å². The van der Waals surface area contributed by atoms with E-state index in [0.29, 0.717) is 11.1 Å². The van der Waals surface area contributed by atoms with Crippen LogP contribution in [0.4, 0.5) is 15.8 Å². The van der Waals surface area contributed by atoms with Crippen LogP contribution in [0.5, 0.6) is 0 Å². The van der Waals surface area contributed by atoms with Crippen LogP contribution >= 0.6 is 0 Å². The quantitative estimate of drug-likeness (QED) is 0.490. The number of imide groups is 1. The molecule has 0 atom stereocenters. The molecule has 0 N–H and O–H groups in total. The Morgan fingerprint density at radius 2 is 1.54 bits per heavy atom. The molecule has 3 aromatic rings. The molecule has 3 aromatic carbocycles. The van der Waals surface area contributed by atoms with E-state index in [4.69, 9.17) is 0 Å². The minimum Gasteiger partial charge on any atom is -0.374 e. The second-order valence-electron chi connectivity index (χ2n) is 10.3. The number of aryl methyl sites for hydroxylation is 1. The van der Waals surface area contributed by atoms with E-state index in [9.17, 15) is 14.0 Å². The molecule has 0 aromatic heterocycles. The Labute approximate surface area is 216 Å². The van der Waals surface area contributed by atoms with Crippen LogP contribution in [0.2, 0.25) is 0 Å². The van der Waals surface area contributed by atoms with E-state index in [-0.39, 0.29) is 24.2 Å². The summed E-state index contributed by atoms with van der Waals surface area (Å²) >= 11 is 0. The molecule has 3 aliphatic heterocycles. The normalized spacial score (nSPS) is 17.8. The lowest BCUT2D eigenvalue weighted by Crippen LogP contribution is -2.46. The third-order valence-corrected chi connectivity index (χ3v) is 7.84. The number of rotatable bonds is 5. The lowest BCUT2D eigenvalue weighted by Gasteiger charge is -2.36. The number of fused-ring (bicyclic) bond motifs is 2. The molecule has 3 aliphatic rings. The summed E-state index contributed by atoms with van der Waals surface area (Å²) in [5.74, 6) is -0.648. The first-order chi connectivity index (χ1) is 18.0. The van der Waals surface area contributed by atoms with Crippen molar-refractivity contribution in [3.8, 4) is 0 Å². The second-order valence-corrected chi connectivity index (χ2v) is 10.3. The molecular weight excluding hydrogens is 467 g/mol. The molecule has 37 heavy (non-hydrogen) atoms. The highest BCUT2D eigenvalue weighted by Crippen LogP contribution is 2.34. The Morgan fingerprint density at radius 3 is 2.32 bits per heavy atom. The Hall–Kier alpha value is -3.71. The van der Waals surface area contributed by atoms with Crippen molar-refractivity contribution < 1.29 is 14.0 Å². The van der Waals surface area contributed by atoms with E-state index in [2.05, 4.69) is 33.9 Å². The average molecular weight is 499 g/mol. The average Bonchev–Trinajstić information content (AvgIpc) is 3.15. The molecule has 6 nitrogen and oxygen atoms in total. The van der Waals surface area contributed by atoms with Crippen molar-refractivity contribution in [3.63, 3.8) is 0 Å². The first kappa shape index (κ1) is 23.7. The van der Waals surface area contributed by atoms with Crippen LogP contribution in [0.15, 0.2) is 60.7 Å². The van der Waals surface area contributed by atoms with E-state index in [0.717, 1.165) is 68.9 Å². The molecule has 1 fully saturated rings. The Bertz CT molecular complexity index is 1350. The van der Waals surface area contributed by atoms with E-state index in [1.54, 1.807) is 6.07 Å². The maximum atomic E-state index is 13.6. The number of nitrogens with zero attached hydrogens (tertiary/aromatic N) is 4. The van der Waals surface area contributed by atoms with Gasteiger partial charge in [-0.15, -0.1) is 0 Å². The minimum atomic E-state index is -0.223. The molecule has 0 unspecified atom stereocenters. The first-order valence-electron chi connectivity index (χ1n) is 13.0. The molecule has 190 valence electrons. The van der Waals surface area contributed by atoms with Crippen molar-refractivity contribution in [2.24, 2.45) is 0 Å². The number of carbonyl (C=O) groups excluding carboxylic acids is 2. The van der Waals surface area contributed by atoms with Gasteiger partial charge < -0.3 is 9.80 Å². The first-order valence-corrected chi connectivity index (χ1v) is 13.0. The molecule has 0 bridgehead atoms. The Kier molecular flexibility index (Phi) is 6.16. The SMILES string of the molecule is CN1CCCc2cc(CN3C(=O)c4cccc(N5CCN(Cc6ccc(F)cc6)CC5)c4C3=O)ccc21. The molecular formula is C30H31FN4O2. The number of hydrogen-bond donors (Lipinski definition) is 0. The van der Waals surface area contributed by atoms with E-state index in [1.807, 2.05) is 30.3 Å². The smallest absolute Gasteiger partial charge is 0.263 e. The summed E-state index contributed by atoms with van der Waals surface area (Å²) in [6.07, 6.45) is 2.13. The van der Waals surface area contributed by atoms with Gasteiger partial charge in [0, 0.05) is 52.0 Å². The zero-order valence-corrected chi connectivity index (χ0v) is 21.1. The molecule has 0 saturated carbocycles. The highest BCUT2D eigenvalue weighted by Gasteiger charge is 2.39. The number of carbonyl (C=O) groups is 2. The molecule has 2 amide bonds. The summed E-state index contributed by atoms with van der Waals surface area (Å²) in [5, 5.41) is 0. The van der Waals surface area contributed by atoms with Crippen molar-refractivity contribution in [1.29, 1.82) is 0 Å². The zero-order chi connectivity index (χ0) is 25.5. The summed E-state index contributed by atoms with van der Waals surface area (Å²) in [4.78, 5) is 35.1. The van der Waals surface area contributed by atoms with E-state index < -0.39 is 0 Å². The van der Waals surface area contributed by atoms with E-state index >= 15 is 0 Å². The monoisotopic (exact) mass is 498 g/mol. The molecule has 3 heterocycles. The molecule has 1 saturated heterocycles. The van der Waals surface area contributed by atoms with Crippen molar-refractivity contribution in [2.45, 2.75) is 25.9 Å². The molecule has 0 aliphatic carbocycles. The van der Waals surface area contributed by atoms with Gasteiger partial charge in [-0.1, -0.05) is 30.3 Å². The summed E-state index contributed by atoms with van der Waals surface area (Å²) in [6.45, 7) is 5.28. The topological polar surface area (TPSA) is 47.1 Å². The predicted molar refractivity (Wildman–Crippen MR) is 143 cm³/mol.